The van der Waals surface area contributed by atoms with Crippen molar-refractivity contribution in [3.8, 4) is 0 Å². The Morgan fingerprint density at radius 3 is 1.43 bits per heavy atom. The summed E-state index contributed by atoms with van der Waals surface area (Å²) in [6.07, 6.45) is 0. The van der Waals surface area contributed by atoms with Crippen LogP contribution in [0.15, 0.2) is 13.2 Å². The molecule has 0 aromatic carbocycles. The zero-order chi connectivity index (χ0) is 17.8. The molecule has 0 spiro atoms. The number of rotatable bonds is 3. The maximum absolute atomic E-state index is 3.34. The summed E-state index contributed by atoms with van der Waals surface area (Å²) >= 11 is 0. The lowest BCUT2D eigenvalue weighted by Crippen LogP contribution is -2.63. The van der Waals surface area contributed by atoms with Crippen molar-refractivity contribution in [2.24, 2.45) is 0 Å². The number of hydrogen-bond donors (Lipinski definition) is 3. The van der Waals surface area contributed by atoms with Gasteiger partial charge in [0.05, 0.1) is 0 Å². The van der Waals surface area contributed by atoms with E-state index in [9.17, 15) is 0 Å². The lowest BCUT2D eigenvalue weighted by atomic mass is 10.4. The molecule has 0 saturated carbocycles. The molecule has 0 atom stereocenters. The first-order valence-electron chi connectivity index (χ1n) is 8.76. The third kappa shape index (κ3) is 10.1. The van der Waals surface area contributed by atoms with Crippen LogP contribution in [0.25, 0.3) is 0 Å². The molecule has 2 aliphatic heterocycles. The van der Waals surface area contributed by atoms with E-state index in [1.807, 2.05) is 0 Å². The molecule has 2 saturated heterocycles. The molecule has 23 heavy (non-hydrogen) atoms. The molecule has 0 radical (unpaired) electrons. The summed E-state index contributed by atoms with van der Waals surface area (Å²) in [6.45, 7) is 22.3. The topological polar surface area (TPSA) is 45.8 Å². The molecule has 3 N–H and O–H groups in total. The Morgan fingerprint density at radius 1 is 0.783 bits per heavy atom. The van der Waals surface area contributed by atoms with E-state index in [0.717, 1.165) is 12.7 Å². The Kier molecular flexibility index (Phi) is 13.9. The van der Waals surface area contributed by atoms with Crippen molar-refractivity contribution in [1.82, 2.24) is 28.0 Å². The van der Waals surface area contributed by atoms with Crippen LogP contribution in [0, 0.1) is 0 Å². The highest BCUT2D eigenvalue weighted by molar-refractivity contribution is 6.49. The van der Waals surface area contributed by atoms with Gasteiger partial charge in [-0.2, -0.15) is 0 Å². The predicted octanol–water partition coefficient (Wildman–Crippen LogP) is -2.39. The van der Waals surface area contributed by atoms with E-state index in [1.165, 1.54) is 6.67 Å². The SMILES string of the molecule is C1N[SiH2]N[SiH2]N1.C=C.CC(C)N1CN(C(C)C)[SiH2]N(C(C)C)[SiH2]1. The Morgan fingerprint density at radius 2 is 1.22 bits per heavy atom. The Balaban J connectivity index is 0.000000501. The molecule has 2 aliphatic rings. The van der Waals surface area contributed by atoms with E-state index >= 15 is 0 Å². The first kappa shape index (κ1) is 23.4. The number of nitrogens with zero attached hydrogens (tertiary/aromatic N) is 3. The Bertz CT molecular complexity index is 241. The summed E-state index contributed by atoms with van der Waals surface area (Å²) in [7, 11) is -0.256. The van der Waals surface area contributed by atoms with Gasteiger partial charge in [0.25, 0.3) is 0 Å². The van der Waals surface area contributed by atoms with E-state index < -0.39 is 0 Å². The van der Waals surface area contributed by atoms with E-state index in [4.69, 9.17) is 0 Å². The van der Waals surface area contributed by atoms with Gasteiger partial charge in [-0.25, -0.2) is 0 Å². The van der Waals surface area contributed by atoms with E-state index in [2.05, 4.69) is 82.7 Å². The molecular weight excluding hydrogens is 353 g/mol. The molecule has 0 aliphatic carbocycles. The van der Waals surface area contributed by atoms with Crippen LogP contribution < -0.4 is 14.6 Å². The normalized spacial score (nSPS) is 25.1. The second kappa shape index (κ2) is 13.6. The molecule has 0 aromatic heterocycles. The van der Waals surface area contributed by atoms with Gasteiger partial charge in [0, 0.05) is 13.3 Å². The molecule has 2 heterocycles. The van der Waals surface area contributed by atoms with Crippen LogP contribution in [0.5, 0.6) is 0 Å². The third-order valence-electron chi connectivity index (χ3n) is 4.03. The van der Waals surface area contributed by atoms with Crippen molar-refractivity contribution in [3.63, 3.8) is 0 Å². The van der Waals surface area contributed by atoms with Crippen LogP contribution in [0.4, 0.5) is 0 Å². The summed E-state index contributed by atoms with van der Waals surface area (Å²) in [4.78, 5) is 6.47. The summed E-state index contributed by atoms with van der Waals surface area (Å²) in [5.74, 6) is 0. The van der Waals surface area contributed by atoms with E-state index in [0.29, 0.717) is 12.1 Å². The van der Waals surface area contributed by atoms with Crippen molar-refractivity contribution >= 4 is 39.4 Å². The van der Waals surface area contributed by atoms with Gasteiger partial charge in [-0.05, 0) is 18.1 Å². The highest BCUT2D eigenvalue weighted by Gasteiger charge is 2.28. The lowest BCUT2D eigenvalue weighted by molar-refractivity contribution is 0.191. The smallest absolute Gasteiger partial charge is 0.168 e. The van der Waals surface area contributed by atoms with Gasteiger partial charge < -0.3 is 28.0 Å². The average Bonchev–Trinajstić information content (AvgIpc) is 2.58. The molecule has 10 heteroatoms. The molecule has 6 nitrogen and oxygen atoms in total. The standard InChI is InChI=1S/C10H27N3Si2.C2H4.CH9N3Si2/c1-8(2)11-7-12(9(3)4)15-13(14-11)10(5)6;1-2;1-2-5-4-6-3-1/h8-10H,7,14-15H2,1-6H3;1-2H2;2-4H,1,5-6H2. The quantitative estimate of drug-likeness (QED) is 0.368. The van der Waals surface area contributed by atoms with Crippen molar-refractivity contribution in [2.75, 3.05) is 13.3 Å². The maximum atomic E-state index is 3.34. The monoisotopic (exact) mass is 392 g/mol. The van der Waals surface area contributed by atoms with E-state index in [-0.39, 0.29) is 39.4 Å². The molecule has 0 unspecified atom stereocenters. The second-order valence-corrected chi connectivity index (χ2v) is 15.2. The first-order valence-corrected chi connectivity index (χ1v) is 14.1. The van der Waals surface area contributed by atoms with Crippen molar-refractivity contribution < 1.29 is 0 Å². The molecule has 138 valence electrons. The fourth-order valence-electron chi connectivity index (χ4n) is 2.27. The van der Waals surface area contributed by atoms with Crippen molar-refractivity contribution in [3.05, 3.63) is 13.2 Å². The van der Waals surface area contributed by atoms with Crippen LogP contribution in [0.1, 0.15) is 41.5 Å². The fraction of sp³-hybridized carbons (Fsp3) is 0.846. The van der Waals surface area contributed by atoms with Gasteiger partial charge in [0.2, 0.25) is 0 Å². The van der Waals surface area contributed by atoms with E-state index in [1.54, 1.807) is 0 Å². The minimum absolute atomic E-state index is 0.00772. The maximum Gasteiger partial charge on any atom is 0.168 e. The zero-order valence-electron chi connectivity index (χ0n) is 16.2. The zero-order valence-corrected chi connectivity index (χ0v) is 21.9. The van der Waals surface area contributed by atoms with Gasteiger partial charge >= 0.3 is 0 Å². The minimum atomic E-state index is -0.136. The Labute approximate surface area is 153 Å². The van der Waals surface area contributed by atoms with Crippen LogP contribution >= 0.6 is 0 Å². The summed E-state index contributed by atoms with van der Waals surface area (Å²) in [5, 5.41) is 0. The van der Waals surface area contributed by atoms with Crippen LogP contribution in [-0.4, -0.2) is 84.2 Å². The van der Waals surface area contributed by atoms with Gasteiger partial charge in [-0.3, -0.25) is 0 Å². The van der Waals surface area contributed by atoms with Gasteiger partial charge in [0.1, 0.15) is 0 Å². The number of hydrogen-bond acceptors (Lipinski definition) is 6. The largest absolute Gasteiger partial charge is 0.345 e. The summed E-state index contributed by atoms with van der Waals surface area (Å²) < 4.78 is 11.6. The van der Waals surface area contributed by atoms with Crippen molar-refractivity contribution in [2.45, 2.75) is 59.7 Å². The average molecular weight is 393 g/mol. The molecule has 0 amide bonds. The Hall–Kier alpha value is 0.368. The lowest BCUT2D eigenvalue weighted by Gasteiger charge is -2.47. The molecule has 0 bridgehead atoms. The third-order valence-corrected chi connectivity index (χ3v) is 13.0. The molecule has 2 fully saturated rings. The second-order valence-electron chi connectivity index (χ2n) is 6.75. The van der Waals surface area contributed by atoms with Crippen LogP contribution in [0.3, 0.4) is 0 Å². The fourth-order valence-corrected chi connectivity index (χ4v) is 10.3. The molecule has 2 rings (SSSR count). The van der Waals surface area contributed by atoms with Gasteiger partial charge in [-0.15, -0.1) is 13.2 Å². The summed E-state index contributed by atoms with van der Waals surface area (Å²) in [6, 6.07) is 2.19. The highest BCUT2D eigenvalue weighted by Crippen LogP contribution is 2.12. The van der Waals surface area contributed by atoms with Crippen LogP contribution in [0.2, 0.25) is 0 Å². The first-order chi connectivity index (χ1) is 10.9. The highest BCUT2D eigenvalue weighted by atomic mass is 28.3. The number of nitrogens with one attached hydrogen (secondary N) is 3. The van der Waals surface area contributed by atoms with Crippen molar-refractivity contribution in [1.29, 1.82) is 0 Å². The molecular formula is C13H40N6Si4. The predicted molar refractivity (Wildman–Crippen MR) is 115 cm³/mol. The molecule has 0 aromatic rings. The van der Waals surface area contributed by atoms with Gasteiger partial charge in [0.15, 0.2) is 39.4 Å². The van der Waals surface area contributed by atoms with Gasteiger partial charge in [-0.1, -0.05) is 41.5 Å². The minimum Gasteiger partial charge on any atom is -0.345 e. The van der Waals surface area contributed by atoms with Crippen LogP contribution in [-0.2, 0) is 0 Å². The summed E-state index contributed by atoms with van der Waals surface area (Å²) in [5.41, 5.74) is 0.